The first-order chi connectivity index (χ1) is 12.9. The quantitative estimate of drug-likeness (QED) is 0.663. The third kappa shape index (κ3) is 3.42. The van der Waals surface area contributed by atoms with E-state index >= 15 is 0 Å². The van der Waals surface area contributed by atoms with Gasteiger partial charge in [0.25, 0.3) is 5.91 Å². The van der Waals surface area contributed by atoms with E-state index in [2.05, 4.69) is 10.1 Å². The van der Waals surface area contributed by atoms with Crippen LogP contribution in [0.1, 0.15) is 16.1 Å². The van der Waals surface area contributed by atoms with Gasteiger partial charge in [0.2, 0.25) is 0 Å². The average Bonchev–Trinajstić information content (AvgIpc) is 3.17. The molecule has 0 saturated carbocycles. The number of hydrogen-bond acceptors (Lipinski definition) is 4. The second kappa shape index (κ2) is 6.73. The fourth-order valence-electron chi connectivity index (χ4n) is 2.82. The number of aromatic nitrogens is 3. The van der Waals surface area contributed by atoms with Crippen LogP contribution in [0.2, 0.25) is 0 Å². The molecule has 3 heterocycles. The van der Waals surface area contributed by atoms with Crippen LogP contribution in [0.3, 0.4) is 0 Å². The molecule has 4 rings (SSSR count). The summed E-state index contributed by atoms with van der Waals surface area (Å²) in [6.45, 7) is 0.513. The van der Waals surface area contributed by atoms with E-state index in [1.807, 2.05) is 6.07 Å². The van der Waals surface area contributed by atoms with Gasteiger partial charge in [0.05, 0.1) is 23.1 Å². The Labute approximate surface area is 156 Å². The second-order valence-electron chi connectivity index (χ2n) is 5.84. The molecule has 9 heteroatoms. The molecule has 0 unspecified atom stereocenters. The van der Waals surface area contributed by atoms with E-state index in [0.29, 0.717) is 12.2 Å². The number of nitrogens with zero attached hydrogens (tertiary/aromatic N) is 4. The van der Waals surface area contributed by atoms with Gasteiger partial charge in [0.1, 0.15) is 0 Å². The van der Waals surface area contributed by atoms with Crippen molar-refractivity contribution in [2.75, 3.05) is 17.2 Å². The lowest BCUT2D eigenvalue weighted by molar-refractivity contribution is -0.137. The predicted octanol–water partition coefficient (Wildman–Crippen LogP) is 4.04. The maximum Gasteiger partial charge on any atom is 0.416 e. The summed E-state index contributed by atoms with van der Waals surface area (Å²) in [6.07, 6.45) is 0.334. The van der Waals surface area contributed by atoms with Crippen molar-refractivity contribution in [3.63, 3.8) is 0 Å². The minimum atomic E-state index is -4.44. The van der Waals surface area contributed by atoms with E-state index in [1.165, 1.54) is 29.1 Å². The van der Waals surface area contributed by atoms with Gasteiger partial charge in [0.15, 0.2) is 5.69 Å². The van der Waals surface area contributed by atoms with E-state index in [0.717, 1.165) is 22.8 Å². The highest BCUT2D eigenvalue weighted by Gasteiger charge is 2.31. The third-order valence-corrected chi connectivity index (χ3v) is 5.16. The van der Waals surface area contributed by atoms with Gasteiger partial charge in [-0.1, -0.05) is 6.07 Å². The summed E-state index contributed by atoms with van der Waals surface area (Å²) in [5.41, 5.74) is 0.345. The van der Waals surface area contributed by atoms with Crippen LogP contribution < -0.4 is 4.90 Å². The molecule has 1 aromatic carbocycles. The van der Waals surface area contributed by atoms with Crippen LogP contribution in [0.25, 0.3) is 5.69 Å². The van der Waals surface area contributed by atoms with Gasteiger partial charge in [-0.25, -0.2) is 4.68 Å². The standard InChI is InChI=1S/C18H13F3N4OS/c19-18(20,21)12-2-1-3-13(10-12)25-7-5-14(23-25)17(26)24-8-9-27-16-4-6-22-11-15(16)24/h1-7,10-11H,8-9H2. The number of benzene rings is 1. The maximum absolute atomic E-state index is 12.9. The summed E-state index contributed by atoms with van der Waals surface area (Å²) in [6, 6.07) is 8.16. The fourth-order valence-corrected chi connectivity index (χ4v) is 3.78. The summed E-state index contributed by atoms with van der Waals surface area (Å²) in [5.74, 6) is 0.437. The monoisotopic (exact) mass is 390 g/mol. The number of carbonyl (C=O) groups excluding carboxylic acids is 1. The van der Waals surface area contributed by atoms with Crippen molar-refractivity contribution in [3.8, 4) is 5.69 Å². The van der Waals surface area contributed by atoms with Crippen molar-refractivity contribution in [3.05, 3.63) is 66.2 Å². The number of halogens is 3. The van der Waals surface area contributed by atoms with Crippen LogP contribution in [0.4, 0.5) is 18.9 Å². The Kier molecular flexibility index (Phi) is 4.39. The Bertz CT molecular complexity index is 1000. The Morgan fingerprint density at radius 1 is 1.19 bits per heavy atom. The second-order valence-corrected chi connectivity index (χ2v) is 6.98. The largest absolute Gasteiger partial charge is 0.416 e. The zero-order chi connectivity index (χ0) is 19.0. The van der Waals surface area contributed by atoms with E-state index in [1.54, 1.807) is 29.1 Å². The average molecular weight is 390 g/mol. The Hall–Kier alpha value is -2.81. The molecular weight excluding hydrogens is 377 g/mol. The summed E-state index contributed by atoms with van der Waals surface area (Å²) in [5, 5.41) is 4.18. The number of alkyl halides is 3. The van der Waals surface area contributed by atoms with Crippen LogP contribution in [-0.2, 0) is 6.18 Å². The minimum absolute atomic E-state index is 0.161. The number of amides is 1. The molecule has 5 nitrogen and oxygen atoms in total. The molecule has 0 N–H and O–H groups in total. The molecule has 1 aliphatic rings. The van der Waals surface area contributed by atoms with E-state index in [9.17, 15) is 18.0 Å². The van der Waals surface area contributed by atoms with Gasteiger partial charge in [-0.3, -0.25) is 9.78 Å². The molecule has 1 amide bonds. The Balaban J connectivity index is 1.63. The molecule has 27 heavy (non-hydrogen) atoms. The van der Waals surface area contributed by atoms with Crippen molar-refractivity contribution >= 4 is 23.4 Å². The van der Waals surface area contributed by atoms with Crippen molar-refractivity contribution in [1.29, 1.82) is 0 Å². The Morgan fingerprint density at radius 3 is 2.85 bits per heavy atom. The molecule has 0 atom stereocenters. The van der Waals surface area contributed by atoms with Crippen LogP contribution in [-0.4, -0.2) is 33.0 Å². The van der Waals surface area contributed by atoms with Crippen molar-refractivity contribution in [2.24, 2.45) is 0 Å². The van der Waals surface area contributed by atoms with Crippen LogP contribution in [0.15, 0.2) is 59.9 Å². The molecule has 0 fully saturated rings. The zero-order valence-electron chi connectivity index (χ0n) is 13.8. The van der Waals surface area contributed by atoms with Gasteiger partial charge in [-0.15, -0.1) is 11.8 Å². The number of thioether (sulfide) groups is 1. The smallest absolute Gasteiger partial charge is 0.304 e. The lowest BCUT2D eigenvalue weighted by Gasteiger charge is -2.27. The first-order valence-corrected chi connectivity index (χ1v) is 9.04. The molecule has 2 aromatic heterocycles. The molecule has 3 aromatic rings. The normalized spacial score (nSPS) is 14.1. The summed E-state index contributed by atoms with van der Waals surface area (Å²) in [7, 11) is 0. The molecule has 0 saturated heterocycles. The van der Waals surface area contributed by atoms with Gasteiger partial charge in [-0.2, -0.15) is 18.3 Å². The molecule has 0 aliphatic carbocycles. The number of hydrogen-bond donors (Lipinski definition) is 0. The van der Waals surface area contributed by atoms with Crippen molar-refractivity contribution in [1.82, 2.24) is 14.8 Å². The molecule has 1 aliphatic heterocycles. The van der Waals surface area contributed by atoms with Gasteiger partial charge in [-0.05, 0) is 30.3 Å². The van der Waals surface area contributed by atoms with Crippen LogP contribution in [0.5, 0.6) is 0 Å². The minimum Gasteiger partial charge on any atom is -0.304 e. The highest BCUT2D eigenvalue weighted by molar-refractivity contribution is 7.99. The first-order valence-electron chi connectivity index (χ1n) is 8.05. The van der Waals surface area contributed by atoms with E-state index in [-0.39, 0.29) is 17.3 Å². The number of rotatable bonds is 2. The first kappa shape index (κ1) is 17.6. The SMILES string of the molecule is O=C(c1ccn(-c2cccc(C(F)(F)F)c2)n1)N1CCSc2ccncc21. The maximum atomic E-state index is 12.9. The number of anilines is 1. The van der Waals surface area contributed by atoms with E-state index < -0.39 is 11.7 Å². The lowest BCUT2D eigenvalue weighted by Crippen LogP contribution is -2.35. The van der Waals surface area contributed by atoms with Crippen molar-refractivity contribution < 1.29 is 18.0 Å². The summed E-state index contributed by atoms with van der Waals surface area (Å²) in [4.78, 5) is 19.5. The predicted molar refractivity (Wildman–Crippen MR) is 95.2 cm³/mol. The molecule has 0 radical (unpaired) electrons. The lowest BCUT2D eigenvalue weighted by atomic mass is 10.2. The van der Waals surface area contributed by atoms with Crippen LogP contribution >= 0.6 is 11.8 Å². The summed E-state index contributed by atoms with van der Waals surface area (Å²) < 4.78 is 40.0. The highest BCUT2D eigenvalue weighted by atomic mass is 32.2. The van der Waals surface area contributed by atoms with E-state index in [4.69, 9.17) is 0 Å². The van der Waals surface area contributed by atoms with Gasteiger partial charge < -0.3 is 4.90 Å². The Morgan fingerprint density at radius 2 is 2.04 bits per heavy atom. The number of fused-ring (bicyclic) bond motifs is 1. The molecular formula is C18H13F3N4OS. The summed E-state index contributed by atoms with van der Waals surface area (Å²) >= 11 is 1.64. The van der Waals surface area contributed by atoms with Crippen molar-refractivity contribution in [2.45, 2.75) is 11.1 Å². The molecule has 0 bridgehead atoms. The van der Waals surface area contributed by atoms with Gasteiger partial charge in [0, 0.05) is 29.6 Å². The molecule has 0 spiro atoms. The number of carbonyl (C=O) groups is 1. The molecule has 138 valence electrons. The topological polar surface area (TPSA) is 51.0 Å². The zero-order valence-corrected chi connectivity index (χ0v) is 14.7. The van der Waals surface area contributed by atoms with Crippen LogP contribution in [0, 0.1) is 0 Å². The fraction of sp³-hybridized carbons (Fsp3) is 0.167. The van der Waals surface area contributed by atoms with Gasteiger partial charge >= 0.3 is 6.18 Å². The highest BCUT2D eigenvalue weighted by Crippen LogP contribution is 2.34. The number of pyridine rings is 1. The third-order valence-electron chi connectivity index (χ3n) is 4.12.